The molecule has 0 bridgehead atoms. The van der Waals surface area contributed by atoms with Crippen LogP contribution in [0.15, 0.2) is 114 Å². The fourth-order valence-corrected chi connectivity index (χ4v) is 5.38. The minimum Gasteiger partial charge on any atom is -0.489 e. The summed E-state index contributed by atoms with van der Waals surface area (Å²) >= 11 is 0. The number of nitrogens with one attached hydrogen (secondary N) is 4. The smallest absolute Gasteiger partial charge is 0.251 e. The molecule has 4 N–H and O–H groups in total. The van der Waals surface area contributed by atoms with Crippen LogP contribution in [0.4, 0.5) is 29.2 Å². The van der Waals surface area contributed by atoms with Gasteiger partial charge in [-0.3, -0.25) is 9.59 Å². The zero-order chi connectivity index (χ0) is 41.9. The number of amides is 1. The van der Waals surface area contributed by atoms with E-state index >= 15 is 0 Å². The fourth-order valence-electron chi connectivity index (χ4n) is 5.38. The number of rotatable bonds is 29. The van der Waals surface area contributed by atoms with Gasteiger partial charge in [0.2, 0.25) is 17.8 Å². The first-order valence-electron chi connectivity index (χ1n) is 19.6. The Bertz CT molecular complexity index is 2060. The molecule has 0 saturated heterocycles. The topological polar surface area (TPSA) is 216 Å². The molecular weight excluding hydrogens is 769 g/mol. The lowest BCUT2D eigenvalue weighted by atomic mass is 10.1. The van der Waals surface area contributed by atoms with Crippen molar-refractivity contribution >= 4 is 40.9 Å². The van der Waals surface area contributed by atoms with Gasteiger partial charge < -0.3 is 45.0 Å². The van der Waals surface area contributed by atoms with E-state index in [-0.39, 0.29) is 24.2 Å². The lowest BCUT2D eigenvalue weighted by Gasteiger charge is -2.13. The Kier molecular flexibility index (Phi) is 19.6. The fraction of sp³-hybridized carbons (Fsp3) is 0.326. The summed E-state index contributed by atoms with van der Waals surface area (Å²) < 4.78 is 28.0. The molecule has 1 aromatic heterocycles. The third-order valence-corrected chi connectivity index (χ3v) is 8.39. The first kappa shape index (κ1) is 44.5. The van der Waals surface area contributed by atoms with Crippen LogP contribution in [0.1, 0.15) is 39.1 Å². The Morgan fingerprint density at radius 3 is 1.82 bits per heavy atom. The van der Waals surface area contributed by atoms with Gasteiger partial charge in [-0.25, -0.2) is 0 Å². The highest BCUT2D eigenvalue weighted by molar-refractivity contribution is 5.96. The lowest BCUT2D eigenvalue weighted by Crippen LogP contribution is -2.27. The van der Waals surface area contributed by atoms with Gasteiger partial charge in [0.15, 0.2) is 5.78 Å². The van der Waals surface area contributed by atoms with Gasteiger partial charge in [0.1, 0.15) is 12.4 Å². The maximum atomic E-state index is 12.7. The Morgan fingerprint density at radius 1 is 0.600 bits per heavy atom. The third-order valence-electron chi connectivity index (χ3n) is 8.39. The molecule has 0 aliphatic carbocycles. The number of benzene rings is 4. The van der Waals surface area contributed by atoms with Crippen molar-refractivity contribution in [3.05, 3.63) is 136 Å². The van der Waals surface area contributed by atoms with E-state index < -0.39 is 0 Å². The summed E-state index contributed by atoms with van der Waals surface area (Å²) in [5.74, 6) is 1.48. The van der Waals surface area contributed by atoms with Gasteiger partial charge in [-0.05, 0) is 66.0 Å². The number of aromatic nitrogens is 3. The number of carbonyl (C=O) groups is 2. The predicted molar refractivity (Wildman–Crippen MR) is 228 cm³/mol. The largest absolute Gasteiger partial charge is 0.489 e. The first-order valence-corrected chi connectivity index (χ1v) is 19.6. The van der Waals surface area contributed by atoms with Crippen molar-refractivity contribution in [1.82, 2.24) is 20.3 Å². The molecule has 0 aliphatic heterocycles. The molecule has 0 radical (unpaired) electrons. The molecule has 0 unspecified atom stereocenters. The number of nitrogens with zero attached hydrogens (tertiary/aromatic N) is 6. The molecule has 60 heavy (non-hydrogen) atoms. The quantitative estimate of drug-likeness (QED) is 0.0124. The van der Waals surface area contributed by atoms with Gasteiger partial charge in [0, 0.05) is 60.1 Å². The Balaban J connectivity index is 1.09. The maximum Gasteiger partial charge on any atom is 0.251 e. The standard InChI is InChI=1S/C43H50N10O7/c44-53-47-23-27-59-31-30-57-25-21-45-40(55)35-13-15-36(16-14-35)48-42-50-41(46-22-26-58-29-28-56-24-7-12-39(54)34-10-5-2-6-11-34)51-43(52-42)49-37-17-19-38(20-18-37)60-32-33-8-3-1-4-9-33/h1-6,8-11,13-20H,7,12,21-32H2,(H,45,55)(H3,46,48,49,50,51,52). The molecule has 4 aromatic carbocycles. The van der Waals surface area contributed by atoms with E-state index in [1.165, 1.54) is 0 Å². The SMILES string of the molecule is [N-]=[N+]=NCCOCCOCCNC(=O)c1ccc(Nc2nc(NCCOCCOCCCC(=O)c3ccccc3)nc(Nc3ccc(OCc4ccccc4)cc3)n2)cc1. The number of ketones is 1. The summed E-state index contributed by atoms with van der Waals surface area (Å²) in [6.45, 7) is 4.52. The van der Waals surface area contributed by atoms with Crippen LogP contribution < -0.4 is 26.0 Å². The minimum absolute atomic E-state index is 0.108. The molecule has 0 fully saturated rings. The van der Waals surface area contributed by atoms with Crippen LogP contribution in [-0.2, 0) is 25.6 Å². The minimum atomic E-state index is -0.241. The van der Waals surface area contributed by atoms with Crippen molar-refractivity contribution in [2.24, 2.45) is 5.11 Å². The highest BCUT2D eigenvalue weighted by atomic mass is 16.5. The van der Waals surface area contributed by atoms with Crippen LogP contribution in [-0.4, -0.2) is 99.1 Å². The molecule has 0 aliphatic rings. The average Bonchev–Trinajstić information content (AvgIpc) is 3.28. The summed E-state index contributed by atoms with van der Waals surface area (Å²) in [5, 5.41) is 15.9. The summed E-state index contributed by atoms with van der Waals surface area (Å²) in [6, 6.07) is 33.6. The van der Waals surface area contributed by atoms with Crippen molar-refractivity contribution in [1.29, 1.82) is 0 Å². The summed E-state index contributed by atoms with van der Waals surface area (Å²) in [7, 11) is 0. The van der Waals surface area contributed by atoms with Crippen LogP contribution in [0.3, 0.4) is 0 Å². The molecule has 17 nitrogen and oxygen atoms in total. The molecule has 5 rings (SSSR count). The second-order valence-corrected chi connectivity index (χ2v) is 12.9. The summed E-state index contributed by atoms with van der Waals surface area (Å²) in [6.07, 6.45) is 1.08. The number of azide groups is 1. The predicted octanol–water partition coefficient (Wildman–Crippen LogP) is 7.12. The first-order chi connectivity index (χ1) is 29.6. The van der Waals surface area contributed by atoms with Crippen LogP contribution in [0.25, 0.3) is 10.4 Å². The number of hydrogen-bond donors (Lipinski definition) is 4. The lowest BCUT2D eigenvalue weighted by molar-refractivity contribution is 0.0497. The van der Waals surface area contributed by atoms with Gasteiger partial charge in [0.25, 0.3) is 5.91 Å². The number of anilines is 5. The van der Waals surface area contributed by atoms with Crippen molar-refractivity contribution in [3.63, 3.8) is 0 Å². The van der Waals surface area contributed by atoms with Gasteiger partial charge in [-0.2, -0.15) is 15.0 Å². The molecule has 1 amide bonds. The Labute approximate surface area is 348 Å². The molecule has 17 heteroatoms. The van der Waals surface area contributed by atoms with E-state index in [0.717, 1.165) is 17.0 Å². The number of ether oxygens (including phenoxy) is 5. The van der Waals surface area contributed by atoms with E-state index in [1.54, 1.807) is 24.3 Å². The van der Waals surface area contributed by atoms with Gasteiger partial charge >= 0.3 is 0 Å². The number of Topliss-reactive ketones (excluding diaryl/α,β-unsaturated/α-hetero) is 1. The Hall–Kier alpha value is -6.62. The van der Waals surface area contributed by atoms with E-state index in [9.17, 15) is 9.59 Å². The van der Waals surface area contributed by atoms with Crippen molar-refractivity contribution in [3.8, 4) is 5.75 Å². The summed E-state index contributed by atoms with van der Waals surface area (Å²) in [4.78, 5) is 41.3. The van der Waals surface area contributed by atoms with Crippen LogP contribution in [0.2, 0.25) is 0 Å². The molecule has 0 saturated carbocycles. The highest BCUT2D eigenvalue weighted by Crippen LogP contribution is 2.22. The number of carbonyl (C=O) groups excluding carboxylic acids is 2. The van der Waals surface area contributed by atoms with E-state index in [4.69, 9.17) is 29.2 Å². The molecular formula is C43H50N10O7. The van der Waals surface area contributed by atoms with Crippen molar-refractivity contribution in [2.45, 2.75) is 19.4 Å². The van der Waals surface area contributed by atoms with Crippen molar-refractivity contribution < 1.29 is 33.3 Å². The zero-order valence-electron chi connectivity index (χ0n) is 33.3. The molecule has 0 spiro atoms. The van der Waals surface area contributed by atoms with Crippen LogP contribution in [0.5, 0.6) is 5.75 Å². The van der Waals surface area contributed by atoms with Crippen LogP contribution in [0, 0.1) is 0 Å². The van der Waals surface area contributed by atoms with Gasteiger partial charge in [-0.1, -0.05) is 65.8 Å². The van der Waals surface area contributed by atoms with Crippen molar-refractivity contribution in [2.75, 3.05) is 88.4 Å². The van der Waals surface area contributed by atoms with Gasteiger partial charge in [0.05, 0.1) is 46.2 Å². The molecule has 0 atom stereocenters. The zero-order valence-corrected chi connectivity index (χ0v) is 33.3. The third kappa shape index (κ3) is 17.1. The van der Waals surface area contributed by atoms with E-state index in [1.807, 2.05) is 84.9 Å². The van der Waals surface area contributed by atoms with Gasteiger partial charge in [-0.15, -0.1) is 0 Å². The monoisotopic (exact) mass is 818 g/mol. The normalized spacial score (nSPS) is 10.7. The second-order valence-electron chi connectivity index (χ2n) is 12.9. The summed E-state index contributed by atoms with van der Waals surface area (Å²) in [5.41, 5.74) is 11.9. The molecule has 1 heterocycles. The van der Waals surface area contributed by atoms with Crippen LogP contribution >= 0.6 is 0 Å². The average molecular weight is 819 g/mol. The highest BCUT2D eigenvalue weighted by Gasteiger charge is 2.11. The Morgan fingerprint density at radius 2 is 1.17 bits per heavy atom. The van der Waals surface area contributed by atoms with E-state index in [2.05, 4.69) is 46.2 Å². The maximum absolute atomic E-state index is 12.7. The number of hydrogen-bond acceptors (Lipinski definition) is 14. The second kappa shape index (κ2) is 26.4. The molecule has 5 aromatic rings. The molecule has 314 valence electrons. The van der Waals surface area contributed by atoms with E-state index in [0.29, 0.717) is 114 Å².